The van der Waals surface area contributed by atoms with Gasteiger partial charge in [0.1, 0.15) is 5.75 Å². The zero-order chi connectivity index (χ0) is 20.4. The normalized spacial score (nSPS) is 11.6. The minimum Gasteiger partial charge on any atom is -0.497 e. The molecule has 2 N–H and O–H groups in total. The molecule has 150 valence electrons. The number of amides is 3. The van der Waals surface area contributed by atoms with E-state index in [1.54, 1.807) is 36.3 Å². The number of carbonyl (C=O) groups is 3. The van der Waals surface area contributed by atoms with Gasteiger partial charge in [0.25, 0.3) is 0 Å². The molecule has 1 aromatic carbocycles. The van der Waals surface area contributed by atoms with Crippen LogP contribution >= 0.6 is 0 Å². The second-order valence-corrected chi connectivity index (χ2v) is 6.98. The Bertz CT molecular complexity index is 629. The molecular weight excluding hydrogens is 346 g/mol. The fourth-order valence-electron chi connectivity index (χ4n) is 2.45. The Morgan fingerprint density at radius 1 is 1.07 bits per heavy atom. The summed E-state index contributed by atoms with van der Waals surface area (Å²) in [6.07, 6.45) is 0.722. The number of methoxy groups -OCH3 is 1. The van der Waals surface area contributed by atoms with Crippen LogP contribution in [0.15, 0.2) is 24.3 Å². The lowest BCUT2D eigenvalue weighted by atomic mass is 10.1. The van der Waals surface area contributed by atoms with E-state index in [-0.39, 0.29) is 42.6 Å². The summed E-state index contributed by atoms with van der Waals surface area (Å²) in [5.41, 5.74) is 0.614. The molecule has 27 heavy (non-hydrogen) atoms. The summed E-state index contributed by atoms with van der Waals surface area (Å²) >= 11 is 0. The van der Waals surface area contributed by atoms with Crippen LogP contribution in [0, 0.1) is 11.8 Å². The highest BCUT2D eigenvalue weighted by Crippen LogP contribution is 2.14. The number of hydrogen-bond donors (Lipinski definition) is 2. The number of rotatable bonds is 10. The molecule has 1 unspecified atom stereocenters. The second-order valence-electron chi connectivity index (χ2n) is 6.98. The van der Waals surface area contributed by atoms with Crippen molar-refractivity contribution < 1.29 is 19.1 Å². The van der Waals surface area contributed by atoms with Gasteiger partial charge in [0.2, 0.25) is 17.7 Å². The van der Waals surface area contributed by atoms with Gasteiger partial charge in [-0.1, -0.05) is 27.7 Å². The van der Waals surface area contributed by atoms with Crippen molar-refractivity contribution in [1.29, 1.82) is 0 Å². The lowest BCUT2D eigenvalue weighted by Crippen LogP contribution is -2.45. The summed E-state index contributed by atoms with van der Waals surface area (Å²) in [6, 6.07) is 6.90. The predicted molar refractivity (Wildman–Crippen MR) is 106 cm³/mol. The Hall–Kier alpha value is -2.57. The quantitative estimate of drug-likeness (QED) is 0.655. The van der Waals surface area contributed by atoms with E-state index in [4.69, 9.17) is 4.74 Å². The van der Waals surface area contributed by atoms with Crippen LogP contribution in [-0.4, -0.2) is 49.4 Å². The first-order chi connectivity index (χ1) is 12.8. The maximum Gasteiger partial charge on any atom is 0.243 e. The topological polar surface area (TPSA) is 87.7 Å². The van der Waals surface area contributed by atoms with Crippen molar-refractivity contribution in [1.82, 2.24) is 10.2 Å². The third kappa shape index (κ3) is 8.11. The van der Waals surface area contributed by atoms with Gasteiger partial charge in [0.05, 0.1) is 20.2 Å². The van der Waals surface area contributed by atoms with Crippen molar-refractivity contribution in [3.05, 3.63) is 24.3 Å². The van der Waals surface area contributed by atoms with E-state index in [0.29, 0.717) is 18.0 Å². The van der Waals surface area contributed by atoms with Crippen molar-refractivity contribution >= 4 is 23.4 Å². The van der Waals surface area contributed by atoms with E-state index in [1.165, 1.54) is 0 Å². The second kappa shape index (κ2) is 11.2. The Balaban J connectivity index is 2.52. The number of benzene rings is 1. The van der Waals surface area contributed by atoms with Crippen molar-refractivity contribution in [2.75, 3.05) is 32.1 Å². The largest absolute Gasteiger partial charge is 0.497 e. The lowest BCUT2D eigenvalue weighted by Gasteiger charge is -2.26. The molecule has 0 spiro atoms. The first-order valence-corrected chi connectivity index (χ1v) is 9.26. The van der Waals surface area contributed by atoms with Gasteiger partial charge in [-0.2, -0.15) is 0 Å². The predicted octanol–water partition coefficient (Wildman–Crippen LogP) is 2.28. The van der Waals surface area contributed by atoms with Gasteiger partial charge in [-0.3, -0.25) is 14.4 Å². The fraction of sp³-hybridized carbons (Fsp3) is 0.550. The highest BCUT2D eigenvalue weighted by atomic mass is 16.5. The molecule has 1 atom stereocenters. The molecule has 0 saturated carbocycles. The molecule has 0 heterocycles. The number of anilines is 1. The molecule has 7 nitrogen and oxygen atoms in total. The number of carbonyl (C=O) groups excluding carboxylic acids is 3. The van der Waals surface area contributed by atoms with Crippen LogP contribution in [-0.2, 0) is 14.4 Å². The van der Waals surface area contributed by atoms with E-state index in [0.717, 1.165) is 6.42 Å². The van der Waals surface area contributed by atoms with Crippen molar-refractivity contribution in [3.8, 4) is 5.75 Å². The van der Waals surface area contributed by atoms with Crippen molar-refractivity contribution in [3.63, 3.8) is 0 Å². The SMILES string of the molecule is CCC(C)C(=O)N(CC(=O)NCC(=O)Nc1ccc(OC)cc1)CC(C)C. The van der Waals surface area contributed by atoms with E-state index in [1.807, 2.05) is 27.7 Å². The van der Waals surface area contributed by atoms with Crippen molar-refractivity contribution in [2.24, 2.45) is 11.8 Å². The molecule has 1 aromatic rings. The molecule has 0 aromatic heterocycles. The molecule has 7 heteroatoms. The van der Waals surface area contributed by atoms with Gasteiger partial charge >= 0.3 is 0 Å². The van der Waals surface area contributed by atoms with E-state index in [2.05, 4.69) is 10.6 Å². The first kappa shape index (κ1) is 22.5. The molecule has 0 aliphatic heterocycles. The summed E-state index contributed by atoms with van der Waals surface area (Å²) in [7, 11) is 1.57. The molecule has 0 fully saturated rings. The monoisotopic (exact) mass is 377 g/mol. The van der Waals surface area contributed by atoms with Gasteiger partial charge in [-0.05, 0) is 36.6 Å². The number of nitrogens with one attached hydrogen (secondary N) is 2. The average molecular weight is 377 g/mol. The van der Waals surface area contributed by atoms with E-state index in [9.17, 15) is 14.4 Å². The molecule has 0 aliphatic carbocycles. The third-order valence-electron chi connectivity index (χ3n) is 4.09. The van der Waals surface area contributed by atoms with Gasteiger partial charge in [-0.25, -0.2) is 0 Å². The minimum atomic E-state index is -0.350. The number of ether oxygens (including phenoxy) is 1. The standard InChI is InChI=1S/C20H31N3O4/c1-6-15(4)20(26)23(12-14(2)3)13-19(25)21-11-18(24)22-16-7-9-17(27-5)10-8-16/h7-10,14-15H,6,11-13H2,1-5H3,(H,21,25)(H,22,24). The van der Waals surface area contributed by atoms with Gasteiger partial charge in [0.15, 0.2) is 0 Å². The third-order valence-corrected chi connectivity index (χ3v) is 4.09. The van der Waals surface area contributed by atoms with Crippen LogP contribution < -0.4 is 15.4 Å². The zero-order valence-electron chi connectivity index (χ0n) is 16.9. The van der Waals surface area contributed by atoms with Crippen LogP contribution in [0.25, 0.3) is 0 Å². The Kier molecular flexibility index (Phi) is 9.33. The maximum atomic E-state index is 12.4. The molecule has 0 bridgehead atoms. The highest BCUT2D eigenvalue weighted by molar-refractivity contribution is 5.95. The maximum absolute atomic E-state index is 12.4. The van der Waals surface area contributed by atoms with E-state index < -0.39 is 0 Å². The Morgan fingerprint density at radius 3 is 2.22 bits per heavy atom. The molecule has 1 rings (SSSR count). The average Bonchev–Trinajstić information content (AvgIpc) is 2.64. The van der Waals surface area contributed by atoms with Crippen LogP contribution in [0.4, 0.5) is 5.69 Å². The summed E-state index contributed by atoms with van der Waals surface area (Å²) in [5, 5.41) is 5.27. The molecular formula is C20H31N3O4. The Morgan fingerprint density at radius 2 is 1.70 bits per heavy atom. The molecule has 0 aliphatic rings. The number of nitrogens with zero attached hydrogens (tertiary/aromatic N) is 1. The van der Waals surface area contributed by atoms with Gasteiger partial charge in [0, 0.05) is 18.2 Å². The highest BCUT2D eigenvalue weighted by Gasteiger charge is 2.22. The van der Waals surface area contributed by atoms with Crippen molar-refractivity contribution in [2.45, 2.75) is 34.1 Å². The first-order valence-electron chi connectivity index (χ1n) is 9.26. The smallest absolute Gasteiger partial charge is 0.243 e. The summed E-state index contributed by atoms with van der Waals surface area (Å²) in [4.78, 5) is 38.2. The number of hydrogen-bond acceptors (Lipinski definition) is 4. The fourth-order valence-corrected chi connectivity index (χ4v) is 2.45. The Labute approximate surface area is 161 Å². The molecule has 0 saturated heterocycles. The van der Waals surface area contributed by atoms with Gasteiger partial charge < -0.3 is 20.3 Å². The minimum absolute atomic E-state index is 0.0379. The summed E-state index contributed by atoms with van der Waals surface area (Å²) in [6.45, 7) is 8.10. The summed E-state index contributed by atoms with van der Waals surface area (Å²) < 4.78 is 5.06. The van der Waals surface area contributed by atoms with Crippen LogP contribution in [0.5, 0.6) is 5.75 Å². The van der Waals surface area contributed by atoms with Gasteiger partial charge in [-0.15, -0.1) is 0 Å². The lowest BCUT2D eigenvalue weighted by molar-refractivity contribution is -0.139. The summed E-state index contributed by atoms with van der Waals surface area (Å²) in [5.74, 6) is 0.0926. The van der Waals surface area contributed by atoms with E-state index >= 15 is 0 Å². The molecule has 3 amide bonds. The van der Waals surface area contributed by atoms with Crippen LogP contribution in [0.2, 0.25) is 0 Å². The molecule has 0 radical (unpaired) electrons. The van der Waals surface area contributed by atoms with Crippen LogP contribution in [0.1, 0.15) is 34.1 Å². The zero-order valence-corrected chi connectivity index (χ0v) is 16.9. The van der Waals surface area contributed by atoms with Crippen LogP contribution in [0.3, 0.4) is 0 Å².